The summed E-state index contributed by atoms with van der Waals surface area (Å²) < 4.78 is 20.7. The second-order valence-corrected chi connectivity index (χ2v) is 5.71. The third kappa shape index (κ3) is 3.66. The van der Waals surface area contributed by atoms with Crippen LogP contribution in [0.1, 0.15) is 13.8 Å². The summed E-state index contributed by atoms with van der Waals surface area (Å²) in [5.74, 6) is 0.0356. The fourth-order valence-corrected chi connectivity index (χ4v) is 2.18. The van der Waals surface area contributed by atoms with E-state index in [1.165, 1.54) is 22.9 Å². The second kappa shape index (κ2) is 6.17. The third-order valence-corrected chi connectivity index (χ3v) is 2.95. The van der Waals surface area contributed by atoms with E-state index in [-0.39, 0.29) is 17.2 Å². The Morgan fingerprint density at radius 1 is 1.40 bits per heavy atom. The van der Waals surface area contributed by atoms with E-state index < -0.39 is 5.82 Å². The number of aromatic nitrogens is 2. The SMILES string of the molecule is CC(C)Cn1ccnc(Oc2cc(F)cc(Br)c2)c1=O. The lowest BCUT2D eigenvalue weighted by Crippen LogP contribution is -2.23. The highest BCUT2D eigenvalue weighted by atomic mass is 79.9. The summed E-state index contributed by atoms with van der Waals surface area (Å²) in [6, 6.07) is 4.08. The summed E-state index contributed by atoms with van der Waals surface area (Å²) in [6.07, 6.45) is 3.10. The van der Waals surface area contributed by atoms with Crippen molar-refractivity contribution in [2.75, 3.05) is 0 Å². The maximum absolute atomic E-state index is 13.3. The summed E-state index contributed by atoms with van der Waals surface area (Å²) in [5.41, 5.74) is -0.332. The van der Waals surface area contributed by atoms with Crippen LogP contribution in [0.15, 0.2) is 39.9 Å². The molecule has 20 heavy (non-hydrogen) atoms. The van der Waals surface area contributed by atoms with Crippen LogP contribution in [0.2, 0.25) is 0 Å². The van der Waals surface area contributed by atoms with Crippen molar-refractivity contribution in [3.05, 3.63) is 51.2 Å². The Morgan fingerprint density at radius 3 is 2.80 bits per heavy atom. The van der Waals surface area contributed by atoms with E-state index in [1.807, 2.05) is 13.8 Å². The fourth-order valence-electron chi connectivity index (χ4n) is 1.73. The Balaban J connectivity index is 2.32. The van der Waals surface area contributed by atoms with E-state index in [1.54, 1.807) is 12.3 Å². The summed E-state index contributed by atoms with van der Waals surface area (Å²) >= 11 is 3.17. The third-order valence-electron chi connectivity index (χ3n) is 2.49. The minimum Gasteiger partial charge on any atom is -0.434 e. The molecule has 0 aliphatic heterocycles. The lowest BCUT2D eigenvalue weighted by molar-refractivity contribution is 0.429. The topological polar surface area (TPSA) is 44.1 Å². The predicted octanol–water partition coefficient (Wildman–Crippen LogP) is 3.59. The van der Waals surface area contributed by atoms with E-state index in [0.29, 0.717) is 16.9 Å². The number of rotatable bonds is 4. The largest absolute Gasteiger partial charge is 0.434 e. The Bertz CT molecular complexity index is 650. The maximum atomic E-state index is 13.3. The molecule has 0 saturated heterocycles. The standard InChI is InChI=1S/C14H14BrFN2O2/c1-9(2)8-18-4-3-17-13(14(18)19)20-12-6-10(15)5-11(16)7-12/h3-7,9H,8H2,1-2H3. The van der Waals surface area contributed by atoms with Gasteiger partial charge in [0, 0.05) is 29.5 Å². The predicted molar refractivity (Wildman–Crippen MR) is 77.5 cm³/mol. The van der Waals surface area contributed by atoms with Gasteiger partial charge in [-0.1, -0.05) is 29.8 Å². The van der Waals surface area contributed by atoms with Crippen molar-refractivity contribution in [1.82, 2.24) is 9.55 Å². The number of nitrogens with zero attached hydrogens (tertiary/aromatic N) is 2. The van der Waals surface area contributed by atoms with E-state index in [0.717, 1.165) is 0 Å². The zero-order valence-electron chi connectivity index (χ0n) is 11.1. The molecule has 0 atom stereocenters. The summed E-state index contributed by atoms with van der Waals surface area (Å²) in [7, 11) is 0. The van der Waals surface area contributed by atoms with Crippen LogP contribution < -0.4 is 10.3 Å². The minimum atomic E-state index is -0.451. The average molecular weight is 341 g/mol. The monoisotopic (exact) mass is 340 g/mol. The van der Waals surface area contributed by atoms with E-state index in [9.17, 15) is 9.18 Å². The number of benzene rings is 1. The lowest BCUT2D eigenvalue weighted by Gasteiger charge is -2.10. The number of ether oxygens (including phenoxy) is 1. The van der Waals surface area contributed by atoms with Crippen molar-refractivity contribution in [2.24, 2.45) is 5.92 Å². The zero-order chi connectivity index (χ0) is 14.7. The molecule has 0 spiro atoms. The van der Waals surface area contributed by atoms with Gasteiger partial charge in [-0.25, -0.2) is 9.37 Å². The quantitative estimate of drug-likeness (QED) is 0.854. The van der Waals surface area contributed by atoms with Gasteiger partial charge in [-0.2, -0.15) is 0 Å². The van der Waals surface area contributed by atoms with E-state index in [2.05, 4.69) is 20.9 Å². The normalized spacial score (nSPS) is 10.8. The second-order valence-electron chi connectivity index (χ2n) is 4.79. The van der Waals surface area contributed by atoms with Gasteiger partial charge in [0.1, 0.15) is 11.6 Å². The van der Waals surface area contributed by atoms with Crippen LogP contribution in [0, 0.1) is 11.7 Å². The molecule has 0 radical (unpaired) electrons. The summed E-state index contributed by atoms with van der Waals surface area (Å²) in [4.78, 5) is 16.1. The minimum absolute atomic E-state index is 0.0642. The van der Waals surface area contributed by atoms with Crippen LogP contribution in [0.5, 0.6) is 11.6 Å². The van der Waals surface area contributed by atoms with Gasteiger partial charge in [0.25, 0.3) is 5.88 Å². The highest BCUT2D eigenvalue weighted by molar-refractivity contribution is 9.10. The average Bonchev–Trinajstić information content (AvgIpc) is 2.32. The number of halogens is 2. The molecule has 0 aliphatic carbocycles. The van der Waals surface area contributed by atoms with Gasteiger partial charge in [0.15, 0.2) is 0 Å². The smallest absolute Gasteiger partial charge is 0.313 e. The van der Waals surface area contributed by atoms with Crippen LogP contribution in [-0.4, -0.2) is 9.55 Å². The Kier molecular flexibility index (Phi) is 4.54. The van der Waals surface area contributed by atoms with Crippen molar-refractivity contribution in [3.8, 4) is 11.6 Å². The van der Waals surface area contributed by atoms with Crippen LogP contribution in [0.25, 0.3) is 0 Å². The number of hydrogen-bond donors (Lipinski definition) is 0. The first kappa shape index (κ1) is 14.7. The van der Waals surface area contributed by atoms with Gasteiger partial charge in [0.05, 0.1) is 0 Å². The molecule has 0 saturated carbocycles. The van der Waals surface area contributed by atoms with E-state index >= 15 is 0 Å². The first-order valence-electron chi connectivity index (χ1n) is 6.15. The molecule has 1 heterocycles. The zero-order valence-corrected chi connectivity index (χ0v) is 12.7. The molecule has 1 aromatic carbocycles. The molecule has 2 aromatic rings. The molecule has 0 fully saturated rings. The van der Waals surface area contributed by atoms with Crippen molar-refractivity contribution >= 4 is 15.9 Å². The van der Waals surface area contributed by atoms with Crippen molar-refractivity contribution in [2.45, 2.75) is 20.4 Å². The highest BCUT2D eigenvalue weighted by Gasteiger charge is 2.09. The van der Waals surface area contributed by atoms with Crippen LogP contribution in [0.3, 0.4) is 0 Å². The molecule has 4 nitrogen and oxygen atoms in total. The summed E-state index contributed by atoms with van der Waals surface area (Å²) in [6.45, 7) is 4.60. The molecular formula is C14H14BrFN2O2. The molecule has 0 aliphatic rings. The van der Waals surface area contributed by atoms with Crippen molar-refractivity contribution in [1.29, 1.82) is 0 Å². The van der Waals surface area contributed by atoms with Gasteiger partial charge < -0.3 is 9.30 Å². The molecule has 1 aromatic heterocycles. The molecular weight excluding hydrogens is 327 g/mol. The number of hydrogen-bond acceptors (Lipinski definition) is 3. The maximum Gasteiger partial charge on any atom is 0.313 e. The lowest BCUT2D eigenvalue weighted by atomic mass is 10.2. The van der Waals surface area contributed by atoms with Crippen LogP contribution in [0.4, 0.5) is 4.39 Å². The van der Waals surface area contributed by atoms with Crippen molar-refractivity contribution < 1.29 is 9.13 Å². The van der Waals surface area contributed by atoms with Gasteiger partial charge >= 0.3 is 5.56 Å². The van der Waals surface area contributed by atoms with Crippen molar-refractivity contribution in [3.63, 3.8) is 0 Å². The molecule has 6 heteroatoms. The molecule has 2 rings (SSSR count). The molecule has 0 amide bonds. The van der Waals surface area contributed by atoms with E-state index in [4.69, 9.17) is 4.74 Å². The van der Waals surface area contributed by atoms with Gasteiger partial charge in [-0.3, -0.25) is 4.79 Å². The van der Waals surface area contributed by atoms with Crippen LogP contribution in [-0.2, 0) is 6.54 Å². The highest BCUT2D eigenvalue weighted by Crippen LogP contribution is 2.23. The Labute approximate surface area is 124 Å². The van der Waals surface area contributed by atoms with Gasteiger partial charge in [0.2, 0.25) is 0 Å². The first-order chi connectivity index (χ1) is 9.45. The Hall–Kier alpha value is -1.69. The summed E-state index contributed by atoms with van der Waals surface area (Å²) in [5, 5.41) is 0. The fraction of sp³-hybridized carbons (Fsp3) is 0.286. The molecule has 0 N–H and O–H groups in total. The van der Waals surface area contributed by atoms with Gasteiger partial charge in [-0.05, 0) is 18.1 Å². The molecule has 0 unspecified atom stereocenters. The Morgan fingerprint density at radius 2 is 2.15 bits per heavy atom. The molecule has 106 valence electrons. The van der Waals surface area contributed by atoms with Gasteiger partial charge in [-0.15, -0.1) is 0 Å². The van der Waals surface area contributed by atoms with Crippen LogP contribution >= 0.6 is 15.9 Å². The first-order valence-corrected chi connectivity index (χ1v) is 6.94. The molecule has 0 bridgehead atoms.